The molecule has 7 heteroatoms. The van der Waals surface area contributed by atoms with Crippen molar-refractivity contribution in [2.24, 2.45) is 11.5 Å². The first-order valence-corrected chi connectivity index (χ1v) is 6.36. The molecule has 5 N–H and O–H groups in total. The van der Waals surface area contributed by atoms with Crippen LogP contribution in [0.4, 0.5) is 0 Å². The van der Waals surface area contributed by atoms with Crippen LogP contribution in [0.2, 0.25) is 0 Å². The molecule has 19 heavy (non-hydrogen) atoms. The maximum absolute atomic E-state index is 12.0. The van der Waals surface area contributed by atoms with Gasteiger partial charge >= 0.3 is 0 Å². The Balaban J connectivity index is 2.85. The van der Waals surface area contributed by atoms with E-state index in [1.807, 2.05) is 6.92 Å². The molecule has 1 rings (SSSR count). The highest BCUT2D eigenvalue weighted by Gasteiger charge is 2.27. The number of aromatic amines is 1. The molecule has 0 aliphatic carbocycles. The van der Waals surface area contributed by atoms with Gasteiger partial charge in [-0.15, -0.1) is 0 Å². The summed E-state index contributed by atoms with van der Waals surface area (Å²) in [7, 11) is 0. The second-order valence-electron chi connectivity index (χ2n) is 4.32. The summed E-state index contributed by atoms with van der Waals surface area (Å²) >= 11 is 0. The van der Waals surface area contributed by atoms with Gasteiger partial charge in [-0.2, -0.15) is 0 Å². The number of carbonyl (C=O) groups excluding carboxylic acids is 2. The van der Waals surface area contributed by atoms with Crippen LogP contribution in [0.3, 0.4) is 0 Å². The number of H-pyrrole nitrogens is 1. The lowest BCUT2D eigenvalue weighted by molar-refractivity contribution is -0.139. The third-order valence-corrected chi connectivity index (χ3v) is 2.82. The molecular formula is C12H21N5O2. The first-order chi connectivity index (χ1) is 9.10. The van der Waals surface area contributed by atoms with Crippen molar-refractivity contribution >= 4 is 11.8 Å². The number of rotatable bonds is 8. The summed E-state index contributed by atoms with van der Waals surface area (Å²) in [6.45, 7) is 2.69. The van der Waals surface area contributed by atoms with Gasteiger partial charge in [0.15, 0.2) is 0 Å². The van der Waals surface area contributed by atoms with Crippen molar-refractivity contribution in [2.75, 3.05) is 13.1 Å². The zero-order chi connectivity index (χ0) is 14.3. The standard InChI is InChI=1S/C12H21N5O2/c1-2-5-17(11(18)3-4-13)10(12(14)19)6-9-7-15-8-16-9/h7-8,10H,2-6,13H2,1H3,(H2,14,19)(H,15,16)/t10-/m0/s1. The predicted octanol–water partition coefficient (Wildman–Crippen LogP) is -0.606. The molecule has 0 aromatic carbocycles. The average molecular weight is 267 g/mol. The lowest BCUT2D eigenvalue weighted by Gasteiger charge is -2.29. The van der Waals surface area contributed by atoms with Gasteiger partial charge in [0.1, 0.15) is 6.04 Å². The first-order valence-electron chi connectivity index (χ1n) is 6.36. The summed E-state index contributed by atoms with van der Waals surface area (Å²) in [5, 5.41) is 0. The number of amides is 2. The highest BCUT2D eigenvalue weighted by atomic mass is 16.2. The van der Waals surface area contributed by atoms with Gasteiger partial charge in [0.05, 0.1) is 6.33 Å². The van der Waals surface area contributed by atoms with Crippen molar-refractivity contribution in [3.05, 3.63) is 18.2 Å². The minimum absolute atomic E-state index is 0.146. The van der Waals surface area contributed by atoms with Crippen LogP contribution >= 0.6 is 0 Å². The number of primary amides is 1. The minimum atomic E-state index is -0.667. The third kappa shape index (κ3) is 4.36. The summed E-state index contributed by atoms with van der Waals surface area (Å²) in [6.07, 6.45) is 4.45. The van der Waals surface area contributed by atoms with E-state index in [0.29, 0.717) is 13.0 Å². The molecule has 0 saturated heterocycles. The number of nitrogens with zero attached hydrogens (tertiary/aromatic N) is 2. The molecule has 106 valence electrons. The number of aromatic nitrogens is 2. The number of nitrogens with one attached hydrogen (secondary N) is 1. The van der Waals surface area contributed by atoms with Gasteiger partial charge in [-0.25, -0.2) is 4.98 Å². The largest absolute Gasteiger partial charge is 0.368 e. The van der Waals surface area contributed by atoms with E-state index in [2.05, 4.69) is 9.97 Å². The Hall–Kier alpha value is -1.89. The molecule has 0 aliphatic rings. The number of carbonyl (C=O) groups is 2. The van der Waals surface area contributed by atoms with Crippen LogP contribution in [0.1, 0.15) is 25.5 Å². The van der Waals surface area contributed by atoms with Gasteiger partial charge < -0.3 is 21.4 Å². The van der Waals surface area contributed by atoms with Gasteiger partial charge in [0.2, 0.25) is 11.8 Å². The fourth-order valence-electron chi connectivity index (χ4n) is 1.93. The van der Waals surface area contributed by atoms with Crippen LogP contribution in [-0.4, -0.2) is 45.8 Å². The SMILES string of the molecule is CCCN(C(=O)CCN)[C@@H](Cc1cnc[nH]1)C(N)=O. The Kier molecular flexibility index (Phi) is 6.01. The number of hydrogen-bond acceptors (Lipinski definition) is 4. The molecule has 0 unspecified atom stereocenters. The summed E-state index contributed by atoms with van der Waals surface area (Å²) in [5.41, 5.74) is 11.6. The molecule has 0 aliphatic heterocycles. The molecule has 1 aromatic rings. The second-order valence-corrected chi connectivity index (χ2v) is 4.32. The molecular weight excluding hydrogens is 246 g/mol. The molecule has 0 saturated carbocycles. The molecule has 2 amide bonds. The normalized spacial score (nSPS) is 12.1. The fraction of sp³-hybridized carbons (Fsp3) is 0.583. The van der Waals surface area contributed by atoms with Crippen molar-refractivity contribution in [3.8, 4) is 0 Å². The van der Waals surface area contributed by atoms with Gasteiger partial charge in [0.25, 0.3) is 0 Å². The van der Waals surface area contributed by atoms with Gasteiger partial charge in [-0.05, 0) is 6.42 Å². The molecule has 0 radical (unpaired) electrons. The lowest BCUT2D eigenvalue weighted by Crippen LogP contribution is -2.50. The maximum atomic E-state index is 12.0. The third-order valence-electron chi connectivity index (χ3n) is 2.82. The Morgan fingerprint density at radius 2 is 2.26 bits per heavy atom. The Morgan fingerprint density at radius 3 is 2.74 bits per heavy atom. The van der Waals surface area contributed by atoms with Gasteiger partial charge in [-0.3, -0.25) is 9.59 Å². The van der Waals surface area contributed by atoms with Crippen LogP contribution in [0.5, 0.6) is 0 Å². The molecule has 1 heterocycles. The monoisotopic (exact) mass is 267 g/mol. The second kappa shape index (κ2) is 7.52. The fourth-order valence-corrected chi connectivity index (χ4v) is 1.93. The summed E-state index contributed by atoms with van der Waals surface area (Å²) in [5.74, 6) is -0.666. The van der Waals surface area contributed by atoms with Crippen LogP contribution in [-0.2, 0) is 16.0 Å². The van der Waals surface area contributed by atoms with Gasteiger partial charge in [0, 0.05) is 37.8 Å². The van der Waals surface area contributed by atoms with Gasteiger partial charge in [-0.1, -0.05) is 6.92 Å². The Labute approximate surface area is 112 Å². The highest BCUT2D eigenvalue weighted by molar-refractivity contribution is 5.86. The van der Waals surface area contributed by atoms with E-state index in [0.717, 1.165) is 12.1 Å². The summed E-state index contributed by atoms with van der Waals surface area (Å²) in [4.78, 5) is 31.9. The molecule has 7 nitrogen and oxygen atoms in total. The van der Waals surface area contributed by atoms with Crippen molar-refractivity contribution in [1.82, 2.24) is 14.9 Å². The smallest absolute Gasteiger partial charge is 0.240 e. The molecule has 0 fully saturated rings. The van der Waals surface area contributed by atoms with Crippen molar-refractivity contribution in [3.63, 3.8) is 0 Å². The quantitative estimate of drug-likeness (QED) is 0.582. The summed E-state index contributed by atoms with van der Waals surface area (Å²) < 4.78 is 0. The summed E-state index contributed by atoms with van der Waals surface area (Å²) in [6, 6.07) is -0.667. The van der Waals surface area contributed by atoms with Crippen molar-refractivity contribution in [1.29, 1.82) is 0 Å². The van der Waals surface area contributed by atoms with E-state index in [-0.39, 0.29) is 18.9 Å². The van der Waals surface area contributed by atoms with E-state index in [1.165, 1.54) is 11.2 Å². The highest BCUT2D eigenvalue weighted by Crippen LogP contribution is 2.09. The van der Waals surface area contributed by atoms with Crippen LogP contribution in [0.15, 0.2) is 12.5 Å². The Bertz CT molecular complexity index is 404. The Morgan fingerprint density at radius 1 is 1.53 bits per heavy atom. The van der Waals surface area contributed by atoms with E-state index >= 15 is 0 Å². The zero-order valence-electron chi connectivity index (χ0n) is 11.1. The predicted molar refractivity (Wildman–Crippen MR) is 70.9 cm³/mol. The average Bonchev–Trinajstić information content (AvgIpc) is 2.86. The van der Waals surface area contributed by atoms with E-state index in [4.69, 9.17) is 11.5 Å². The molecule has 0 spiro atoms. The van der Waals surface area contributed by atoms with E-state index in [9.17, 15) is 9.59 Å². The molecule has 0 bridgehead atoms. The van der Waals surface area contributed by atoms with Crippen LogP contribution in [0, 0.1) is 0 Å². The number of imidazole rings is 1. The number of nitrogens with two attached hydrogens (primary N) is 2. The van der Waals surface area contributed by atoms with Crippen LogP contribution in [0.25, 0.3) is 0 Å². The minimum Gasteiger partial charge on any atom is -0.368 e. The van der Waals surface area contributed by atoms with E-state index < -0.39 is 11.9 Å². The zero-order valence-corrected chi connectivity index (χ0v) is 11.1. The molecule has 1 aromatic heterocycles. The van der Waals surface area contributed by atoms with Crippen LogP contribution < -0.4 is 11.5 Å². The van der Waals surface area contributed by atoms with Crippen molar-refractivity contribution < 1.29 is 9.59 Å². The first kappa shape index (κ1) is 15.2. The number of hydrogen-bond donors (Lipinski definition) is 3. The topological polar surface area (TPSA) is 118 Å². The lowest BCUT2D eigenvalue weighted by atomic mass is 10.1. The molecule has 1 atom stereocenters. The van der Waals surface area contributed by atoms with E-state index in [1.54, 1.807) is 6.20 Å². The maximum Gasteiger partial charge on any atom is 0.240 e. The van der Waals surface area contributed by atoms with Crippen molar-refractivity contribution in [2.45, 2.75) is 32.2 Å².